The molecule has 0 atom stereocenters. The fraction of sp³-hybridized carbons (Fsp3) is 0.308. The van der Waals surface area contributed by atoms with Crippen LogP contribution in [0, 0.1) is 13.8 Å². The van der Waals surface area contributed by atoms with Crippen molar-refractivity contribution in [1.29, 1.82) is 0 Å². The third kappa shape index (κ3) is 1.82. The van der Waals surface area contributed by atoms with Gasteiger partial charge < -0.3 is 0 Å². The minimum Gasteiger partial charge on any atom is -0.140 e. The summed E-state index contributed by atoms with van der Waals surface area (Å²) in [6.07, 6.45) is 0. The lowest BCUT2D eigenvalue weighted by molar-refractivity contribution is 0.640. The summed E-state index contributed by atoms with van der Waals surface area (Å²) >= 11 is 3.92. The van der Waals surface area contributed by atoms with E-state index in [0.29, 0.717) is 0 Å². The monoisotopic (exact) mass is 400 g/mol. The lowest BCUT2D eigenvalue weighted by Crippen LogP contribution is -2.26. The average Bonchev–Trinajstić information content (AvgIpc) is 3.22. The van der Waals surface area contributed by atoms with Crippen LogP contribution in [0.25, 0.3) is 31.7 Å². The minimum absolute atomic E-state index is 0.0417. The van der Waals surface area contributed by atoms with Crippen LogP contribution in [0.15, 0.2) is 36.4 Å². The van der Waals surface area contributed by atoms with E-state index in [1.165, 1.54) is 63.7 Å². The van der Waals surface area contributed by atoms with Crippen LogP contribution in [0.4, 0.5) is 0 Å². The molecule has 2 aliphatic carbocycles. The van der Waals surface area contributed by atoms with E-state index in [1.54, 1.807) is 0 Å². The van der Waals surface area contributed by atoms with Crippen LogP contribution in [0.5, 0.6) is 0 Å². The predicted octanol–water partition coefficient (Wildman–Crippen LogP) is 8.19. The van der Waals surface area contributed by atoms with Crippen LogP contribution in [0.2, 0.25) is 0 Å². The molecule has 0 fully saturated rings. The molecule has 2 heteroatoms. The van der Waals surface area contributed by atoms with Gasteiger partial charge in [-0.25, -0.2) is 0 Å². The number of hydrogen-bond donors (Lipinski definition) is 0. The van der Waals surface area contributed by atoms with Gasteiger partial charge in [-0.1, -0.05) is 52.0 Å². The summed E-state index contributed by atoms with van der Waals surface area (Å²) in [5.41, 5.74) is 8.93. The first kappa shape index (κ1) is 17.0. The summed E-state index contributed by atoms with van der Waals surface area (Å²) in [7, 11) is 0. The van der Waals surface area contributed by atoms with E-state index in [1.807, 2.05) is 22.7 Å². The first-order valence-corrected chi connectivity index (χ1v) is 11.7. The Bertz CT molecular complexity index is 1220. The zero-order chi connectivity index (χ0) is 19.6. The molecule has 0 nitrogen and oxygen atoms in total. The molecule has 0 bridgehead atoms. The normalized spacial score (nSPS) is 17.5. The highest BCUT2D eigenvalue weighted by Crippen LogP contribution is 2.58. The number of benzene rings is 2. The number of aryl methyl sites for hydroxylation is 2. The lowest BCUT2D eigenvalue weighted by Gasteiger charge is -2.38. The van der Waals surface area contributed by atoms with Crippen LogP contribution < -0.4 is 0 Å². The molecular formula is C26H24S2. The minimum atomic E-state index is 0.0417. The molecule has 0 aliphatic heterocycles. The average molecular weight is 401 g/mol. The van der Waals surface area contributed by atoms with E-state index in [-0.39, 0.29) is 10.8 Å². The van der Waals surface area contributed by atoms with Crippen LogP contribution in [0.3, 0.4) is 0 Å². The molecule has 0 unspecified atom stereocenters. The summed E-state index contributed by atoms with van der Waals surface area (Å²) < 4.78 is 0. The molecule has 2 heterocycles. The van der Waals surface area contributed by atoms with Gasteiger partial charge in [0.05, 0.1) is 0 Å². The molecule has 0 radical (unpaired) electrons. The Morgan fingerprint density at radius 1 is 0.571 bits per heavy atom. The molecule has 0 N–H and O–H groups in total. The second kappa shape index (κ2) is 4.98. The van der Waals surface area contributed by atoms with Crippen molar-refractivity contribution >= 4 is 33.4 Å². The third-order valence-electron chi connectivity index (χ3n) is 7.05. The number of rotatable bonds is 0. The van der Waals surface area contributed by atoms with Crippen molar-refractivity contribution in [3.63, 3.8) is 0 Å². The zero-order valence-electron chi connectivity index (χ0n) is 17.3. The molecular weight excluding hydrogens is 376 g/mol. The SMILES string of the molecule is Cc1cc2c(s1)-c1ccc3c4c(ccc(c14)C2(C)C)-c1sc(C)cc1C3(C)C. The maximum absolute atomic E-state index is 2.41. The van der Waals surface area contributed by atoms with Gasteiger partial charge in [-0.15, -0.1) is 22.7 Å². The van der Waals surface area contributed by atoms with Crippen LogP contribution >= 0.6 is 22.7 Å². The Morgan fingerprint density at radius 3 is 1.36 bits per heavy atom. The summed E-state index contributed by atoms with van der Waals surface area (Å²) in [6, 6.07) is 14.5. The Morgan fingerprint density at radius 2 is 0.964 bits per heavy atom. The Kier molecular flexibility index (Phi) is 3.02. The predicted molar refractivity (Wildman–Crippen MR) is 124 cm³/mol. The second-order valence-corrected chi connectivity index (χ2v) is 12.0. The van der Waals surface area contributed by atoms with E-state index in [2.05, 4.69) is 77.9 Å². The third-order valence-corrected chi connectivity index (χ3v) is 9.22. The Balaban J connectivity index is 1.86. The van der Waals surface area contributed by atoms with Crippen LogP contribution in [0.1, 0.15) is 59.7 Å². The maximum atomic E-state index is 2.41. The standard InChI is InChI=1S/C26H24S2/c1-13-11-19-23(27-13)15-7-9-18-22-16(8-10-17(21(15)22)25(19,3)4)24-20(26(18,5)6)12-14(2)28-24/h7-12H,1-6H3. The maximum Gasteiger partial charge on any atom is 0.0392 e. The lowest BCUT2D eigenvalue weighted by atomic mass is 9.65. The number of hydrogen-bond acceptors (Lipinski definition) is 2. The molecule has 28 heavy (non-hydrogen) atoms. The highest BCUT2D eigenvalue weighted by Gasteiger charge is 2.40. The van der Waals surface area contributed by atoms with Crippen molar-refractivity contribution in [1.82, 2.24) is 0 Å². The second-order valence-electron chi connectivity index (χ2n) is 9.52. The molecule has 0 spiro atoms. The highest BCUT2D eigenvalue weighted by atomic mass is 32.1. The van der Waals surface area contributed by atoms with Gasteiger partial charge in [0, 0.05) is 41.5 Å². The first-order chi connectivity index (χ1) is 13.2. The van der Waals surface area contributed by atoms with E-state index < -0.39 is 0 Å². The smallest absolute Gasteiger partial charge is 0.0392 e. The number of fused-ring (bicyclic) bond motifs is 4. The van der Waals surface area contributed by atoms with Crippen molar-refractivity contribution in [2.45, 2.75) is 52.4 Å². The van der Waals surface area contributed by atoms with Crippen molar-refractivity contribution < 1.29 is 0 Å². The highest BCUT2D eigenvalue weighted by molar-refractivity contribution is 7.16. The van der Waals surface area contributed by atoms with Gasteiger partial charge in [-0.05, 0) is 59.0 Å². The Labute approximate surface area is 174 Å². The molecule has 0 saturated carbocycles. The molecule has 4 aromatic rings. The summed E-state index contributed by atoms with van der Waals surface area (Å²) in [5.74, 6) is 0. The Hall–Kier alpha value is -1.90. The van der Waals surface area contributed by atoms with E-state index in [0.717, 1.165) is 0 Å². The molecule has 2 aliphatic rings. The van der Waals surface area contributed by atoms with Gasteiger partial charge in [0.15, 0.2) is 0 Å². The summed E-state index contributed by atoms with van der Waals surface area (Å²) in [4.78, 5) is 5.77. The molecule has 0 amide bonds. The van der Waals surface area contributed by atoms with Gasteiger partial charge in [0.2, 0.25) is 0 Å². The largest absolute Gasteiger partial charge is 0.140 e. The molecule has 0 saturated heterocycles. The van der Waals surface area contributed by atoms with Crippen molar-refractivity contribution in [3.8, 4) is 20.9 Å². The van der Waals surface area contributed by atoms with Gasteiger partial charge in [-0.2, -0.15) is 0 Å². The molecule has 2 aromatic heterocycles. The molecule has 2 aromatic carbocycles. The zero-order valence-corrected chi connectivity index (χ0v) is 18.9. The van der Waals surface area contributed by atoms with Gasteiger partial charge in [-0.3, -0.25) is 0 Å². The summed E-state index contributed by atoms with van der Waals surface area (Å²) in [6.45, 7) is 14.1. The van der Waals surface area contributed by atoms with E-state index >= 15 is 0 Å². The fourth-order valence-corrected chi connectivity index (χ4v) is 7.97. The summed E-state index contributed by atoms with van der Waals surface area (Å²) in [5, 5.41) is 3.00. The number of thiophene rings is 2. The van der Waals surface area contributed by atoms with E-state index in [9.17, 15) is 0 Å². The fourth-order valence-electron chi connectivity index (χ4n) is 5.56. The van der Waals surface area contributed by atoms with Crippen molar-refractivity contribution in [2.24, 2.45) is 0 Å². The van der Waals surface area contributed by atoms with Crippen molar-refractivity contribution in [3.05, 3.63) is 68.4 Å². The molecule has 140 valence electrons. The van der Waals surface area contributed by atoms with Gasteiger partial charge in [0.1, 0.15) is 0 Å². The van der Waals surface area contributed by atoms with Gasteiger partial charge >= 0.3 is 0 Å². The topological polar surface area (TPSA) is 0 Å². The van der Waals surface area contributed by atoms with Crippen molar-refractivity contribution in [2.75, 3.05) is 0 Å². The first-order valence-electron chi connectivity index (χ1n) is 10.0. The molecule has 6 rings (SSSR count). The van der Waals surface area contributed by atoms with Crippen LogP contribution in [-0.2, 0) is 10.8 Å². The van der Waals surface area contributed by atoms with E-state index in [4.69, 9.17) is 0 Å². The van der Waals surface area contributed by atoms with Crippen LogP contribution in [-0.4, -0.2) is 0 Å². The quantitative estimate of drug-likeness (QED) is 0.279. The van der Waals surface area contributed by atoms with Gasteiger partial charge in [0.25, 0.3) is 0 Å².